The van der Waals surface area contributed by atoms with Crippen molar-refractivity contribution in [2.75, 3.05) is 48.4 Å². The van der Waals surface area contributed by atoms with E-state index in [4.69, 9.17) is 57.4 Å². The zero-order valence-corrected chi connectivity index (χ0v) is 59.2. The van der Waals surface area contributed by atoms with E-state index in [2.05, 4.69) is 14.5 Å². The molecule has 11 N–H and O–H groups in total. The average Bonchev–Trinajstić information content (AvgIpc) is 1.83. The van der Waals surface area contributed by atoms with Crippen LogP contribution in [0.5, 0.6) is 0 Å². The Balaban J connectivity index is -0.000000270. The summed E-state index contributed by atoms with van der Waals surface area (Å²) in [5, 5.41) is 117. The van der Waals surface area contributed by atoms with Gasteiger partial charge in [0.15, 0.2) is 17.7 Å². The van der Waals surface area contributed by atoms with Crippen molar-refractivity contribution in [3.8, 4) is 0 Å². The molecule has 0 bridgehead atoms. The number of carboxylic acid groups (broad SMARTS) is 5. The average molecular weight is 1480 g/mol. The zero-order chi connectivity index (χ0) is 79.9. The van der Waals surface area contributed by atoms with E-state index in [9.17, 15) is 88.5 Å². The Morgan fingerprint density at radius 3 is 1.16 bits per heavy atom. The van der Waals surface area contributed by atoms with Gasteiger partial charge >= 0.3 is 65.4 Å². The fourth-order valence-electron chi connectivity index (χ4n) is 6.44. The molecule has 1 aliphatic heterocycles. The third-order valence-corrected chi connectivity index (χ3v) is 10.8. The maximum atomic E-state index is 11.3. The molecule has 558 valence electrons. The number of hydrogen-bond acceptors (Lipinski definition) is 27. The van der Waals surface area contributed by atoms with Crippen LogP contribution in [0.25, 0.3) is 24.3 Å². The first-order valence-electron chi connectivity index (χ1n) is 28.8. The fourth-order valence-corrected chi connectivity index (χ4v) is 6.44. The van der Waals surface area contributed by atoms with Gasteiger partial charge in [-0.2, -0.15) is 0 Å². The Hall–Kier alpha value is -12.6. The number of ether oxygens (including phenoxy) is 4. The van der Waals surface area contributed by atoms with Crippen LogP contribution in [0.1, 0.15) is 73.7 Å². The van der Waals surface area contributed by atoms with E-state index in [1.807, 2.05) is 19.9 Å². The van der Waals surface area contributed by atoms with Crippen LogP contribution in [0.2, 0.25) is 0 Å². The number of cyclic esters (lactones) is 1. The van der Waals surface area contributed by atoms with Gasteiger partial charge in [0.05, 0.1) is 47.4 Å². The number of carbonyl (C=O) groups is 7. The van der Waals surface area contributed by atoms with Crippen LogP contribution in [0.15, 0.2) is 174 Å². The van der Waals surface area contributed by atoms with Gasteiger partial charge in [0.2, 0.25) is 17.3 Å². The Morgan fingerprint density at radius 2 is 0.894 bits per heavy atom. The van der Waals surface area contributed by atoms with E-state index in [0.29, 0.717) is 40.6 Å². The topological polar surface area (TPSA) is 602 Å². The summed E-state index contributed by atoms with van der Waals surface area (Å²) in [7, 11) is 4.82. The molecule has 0 radical (unpaired) electrons. The van der Waals surface area contributed by atoms with Gasteiger partial charge in [-0.3, -0.25) is 64.6 Å². The van der Waals surface area contributed by atoms with Crippen molar-refractivity contribution >= 4 is 106 Å². The van der Waals surface area contributed by atoms with Crippen molar-refractivity contribution in [2.24, 2.45) is 4.99 Å². The van der Waals surface area contributed by atoms with Crippen molar-refractivity contribution in [1.29, 1.82) is 0 Å². The molecule has 104 heavy (non-hydrogen) atoms. The SMILES string of the molecule is CC.CC1=N/C(=C\c2cccc([N+](=O)[O-])c2)C(=O)O1.CCC(=O)O.CO.CO.CO/C(=C\c1cccc([N+](=O)[O-])c1)C(=O)O.CO/C(=C\c1cccc([N+](=O)[O-])c1)C(=O)O.COC(Cc1cccc(N)c1)C(=O)O.O=C(O)/C(O)=C/c1cccc([N+](=O)[O-])c1.O=Cc1cccc([N+](=O)[O-])c1.[2H]CF.[Na+].[OH-]. The summed E-state index contributed by atoms with van der Waals surface area (Å²) in [6.45, 7) is 7.16. The van der Waals surface area contributed by atoms with Crippen LogP contribution in [-0.4, -0.2) is 168 Å². The number of nitro groups is 5. The van der Waals surface area contributed by atoms with Gasteiger partial charge in [0, 0.05) is 113 Å². The molecule has 0 aromatic heterocycles. The second kappa shape index (κ2) is 59.3. The first-order chi connectivity index (χ1) is 48.7. The van der Waals surface area contributed by atoms with Gasteiger partial charge in [0.25, 0.3) is 28.4 Å². The number of benzene rings is 6. The smallest absolute Gasteiger partial charge is 0.870 e. The van der Waals surface area contributed by atoms with E-state index in [0.717, 1.165) is 25.9 Å². The first-order valence-corrected chi connectivity index (χ1v) is 28.1. The molecule has 37 nitrogen and oxygen atoms in total. The molecular formula is C65H75FN7NaO30. The summed E-state index contributed by atoms with van der Waals surface area (Å²) in [5.74, 6) is -7.35. The maximum absolute atomic E-state index is 11.3. The van der Waals surface area contributed by atoms with Crippen LogP contribution in [0.4, 0.5) is 38.5 Å². The number of nitrogens with zero attached hydrogens (tertiary/aromatic N) is 6. The molecular weight excluding hydrogens is 1400 g/mol. The van der Waals surface area contributed by atoms with Crippen molar-refractivity contribution in [2.45, 2.75) is 46.6 Å². The molecule has 6 aromatic rings. The Morgan fingerprint density at radius 1 is 0.577 bits per heavy atom. The normalized spacial score (nSPS) is 11.1. The number of rotatable bonds is 20. The molecule has 0 fully saturated rings. The number of carbonyl (C=O) groups excluding carboxylic acids is 2. The predicted octanol–water partition coefficient (Wildman–Crippen LogP) is 7.28. The Kier molecular flexibility index (Phi) is 57.0. The van der Waals surface area contributed by atoms with Gasteiger partial charge in [-0.05, 0) is 64.3 Å². The minimum atomic E-state index is -1.48. The van der Waals surface area contributed by atoms with Crippen LogP contribution in [-0.2, 0) is 54.1 Å². The van der Waals surface area contributed by atoms with E-state index in [-0.39, 0.29) is 98.6 Å². The van der Waals surface area contributed by atoms with Gasteiger partial charge in [0.1, 0.15) is 6.29 Å². The van der Waals surface area contributed by atoms with E-state index < -0.39 is 79.4 Å². The number of esters is 1. The molecule has 1 heterocycles. The van der Waals surface area contributed by atoms with Crippen LogP contribution in [0, 0.1) is 50.6 Å². The maximum Gasteiger partial charge on any atom is 1.00 e. The van der Waals surface area contributed by atoms with Crippen LogP contribution in [0.3, 0.4) is 0 Å². The van der Waals surface area contributed by atoms with Gasteiger partial charge in [-0.25, -0.2) is 29.0 Å². The molecule has 0 amide bonds. The number of aliphatic imine (C=N–C) groups is 1. The standard InChI is InChI=1S/C11H8N2O4.2C10H9NO5.C10H13NO3.C9H7NO5.C7H5NO3.C3H6O2.C2H6.CH3F.2CH4O.Na.H2O/c1-7-12-10(11(14)17-7)6-8-3-2-4-9(5-8)13(15)16;2*1-16-9(10(12)13)6-7-3-2-4-8(5-7)11(14)15;1-14-9(10(12)13)6-7-3-2-4-8(11)5-7;11-8(9(12)13)5-6-2-1-3-7(4-6)10(14)15;9-5-6-2-1-3-7(4-6)8(10)11;1-2-3(4)5;4*1-2;;/h2-6H,1H3;2*2-6H,1H3,(H,12,13);2-5,9H,6,11H2,1H3,(H,12,13);1-5,11H,(H,12,13);1-5H;2H2,1H3,(H,4,5);1-2H3;1H3;2*2H,1H3;;1H2/q;;;;;;;;;;;+1;/p-1/b10-6-;2*9-6-;;8-5-;;;;;;;;/i;;;;;;;;1D;;;;. The molecule has 1 unspecified atom stereocenters. The first kappa shape index (κ1) is 100. The molecule has 1 aliphatic rings. The summed E-state index contributed by atoms with van der Waals surface area (Å²) in [6, 6.07) is 35.1. The zero-order valence-electron chi connectivity index (χ0n) is 58.2. The second-order valence-electron chi connectivity index (χ2n) is 17.6. The molecule has 0 saturated heterocycles. The molecule has 7 rings (SSSR count). The number of methoxy groups -OCH3 is 3. The van der Waals surface area contributed by atoms with Gasteiger partial charge in [-0.15, -0.1) is 0 Å². The number of aliphatic hydroxyl groups is 3. The van der Waals surface area contributed by atoms with E-state index in [1.54, 1.807) is 56.3 Å². The summed E-state index contributed by atoms with van der Waals surface area (Å²) in [6.07, 6.45) is 5.15. The molecule has 0 saturated carbocycles. The minimum Gasteiger partial charge on any atom is -0.870 e. The van der Waals surface area contributed by atoms with Crippen molar-refractivity contribution in [3.05, 3.63) is 253 Å². The third-order valence-electron chi connectivity index (χ3n) is 10.8. The number of aliphatic hydroxyl groups excluding tert-OH is 3. The van der Waals surface area contributed by atoms with Crippen molar-refractivity contribution < 1.29 is 159 Å². The fraction of sp³-hybridized carbons (Fsp3) is 0.200. The minimum absolute atomic E-state index is 0. The summed E-state index contributed by atoms with van der Waals surface area (Å²) in [4.78, 5) is 126. The molecule has 1 atom stereocenters. The number of hydrogen-bond donors (Lipinski definition) is 9. The largest absolute Gasteiger partial charge is 1.00 e. The number of alkyl halides is 1. The second-order valence-corrected chi connectivity index (χ2v) is 17.6. The quantitative estimate of drug-likeness (QED) is 0.00530. The number of anilines is 1. The summed E-state index contributed by atoms with van der Waals surface area (Å²) >= 11 is 0. The predicted molar refractivity (Wildman–Crippen MR) is 369 cm³/mol. The number of carboxylic acids is 5. The summed E-state index contributed by atoms with van der Waals surface area (Å²) < 4.78 is 34.3. The molecule has 39 heteroatoms. The Bertz CT molecular complexity index is 3860. The number of non-ortho nitro benzene ring substituents is 5. The van der Waals surface area contributed by atoms with Gasteiger partial charge in [-0.1, -0.05) is 93.6 Å². The molecule has 0 spiro atoms. The monoisotopic (exact) mass is 1480 g/mol. The van der Waals surface area contributed by atoms with E-state index in [1.165, 1.54) is 137 Å². The number of aldehydes is 1. The number of nitrogen functional groups attached to an aromatic ring is 1. The van der Waals surface area contributed by atoms with Crippen molar-refractivity contribution in [1.82, 2.24) is 0 Å². The van der Waals surface area contributed by atoms with Crippen molar-refractivity contribution in [3.63, 3.8) is 0 Å². The summed E-state index contributed by atoms with van der Waals surface area (Å²) in [5.41, 5.74) is 8.63. The number of aliphatic carboxylic acids is 5. The third kappa shape index (κ3) is 44.4. The molecule has 0 aliphatic carbocycles. The van der Waals surface area contributed by atoms with E-state index >= 15 is 0 Å². The molecule has 6 aromatic carbocycles. The number of nitrogens with two attached hydrogens (primary N) is 1. The number of nitro benzene ring substituents is 5. The van der Waals surface area contributed by atoms with Crippen LogP contribution < -0.4 is 35.3 Å². The Labute approximate surface area is 614 Å². The van der Waals surface area contributed by atoms with Gasteiger partial charge < -0.3 is 71.0 Å². The number of halogens is 1. The van der Waals surface area contributed by atoms with Crippen LogP contribution >= 0.6 is 0 Å².